The molecule has 0 saturated heterocycles. The van der Waals surface area contributed by atoms with Crippen LogP contribution in [0.25, 0.3) is 0 Å². The van der Waals surface area contributed by atoms with Crippen molar-refractivity contribution in [1.82, 2.24) is 5.32 Å². The van der Waals surface area contributed by atoms with Gasteiger partial charge in [0.25, 0.3) is 0 Å². The molecule has 0 bridgehead atoms. The summed E-state index contributed by atoms with van der Waals surface area (Å²) >= 11 is 0. The van der Waals surface area contributed by atoms with E-state index < -0.39 is 12.6 Å². The van der Waals surface area contributed by atoms with Crippen LogP contribution in [0.2, 0.25) is 0 Å². The summed E-state index contributed by atoms with van der Waals surface area (Å²) in [4.78, 5) is 0. The first kappa shape index (κ1) is 16.7. The molecule has 0 heterocycles. The fourth-order valence-electron chi connectivity index (χ4n) is 1.32. The van der Waals surface area contributed by atoms with Crippen molar-refractivity contribution in [3.8, 4) is 0 Å². The normalized spacial score (nSPS) is 15.9. The van der Waals surface area contributed by atoms with Gasteiger partial charge in [0.1, 0.15) is 0 Å². The minimum absolute atomic E-state index is 0.00674. The molecule has 6 heteroatoms. The van der Waals surface area contributed by atoms with Gasteiger partial charge >= 0.3 is 6.18 Å². The van der Waals surface area contributed by atoms with Gasteiger partial charge in [0.05, 0.1) is 6.61 Å². The molecule has 0 aliphatic carbocycles. The molecule has 1 atom stereocenters. The zero-order valence-electron chi connectivity index (χ0n) is 10.4. The number of ether oxygens (including phenoxy) is 1. The highest BCUT2D eigenvalue weighted by Crippen LogP contribution is 2.21. The highest BCUT2D eigenvalue weighted by atomic mass is 19.4. The van der Waals surface area contributed by atoms with Crippen LogP contribution >= 0.6 is 0 Å². The maximum absolute atomic E-state index is 11.8. The summed E-state index contributed by atoms with van der Waals surface area (Å²) in [7, 11) is 1.76. The minimum atomic E-state index is -4.09. The molecule has 0 spiro atoms. The first-order valence-corrected chi connectivity index (χ1v) is 5.77. The summed E-state index contributed by atoms with van der Waals surface area (Å²) in [5, 5.41) is 12.1. The van der Waals surface area contributed by atoms with Crippen LogP contribution in [-0.2, 0) is 4.74 Å². The molecule has 3 nitrogen and oxygen atoms in total. The summed E-state index contributed by atoms with van der Waals surface area (Å²) in [6, 6.07) is 0. The Hall–Kier alpha value is -0.330. The fraction of sp³-hybridized carbons (Fsp3) is 1.00. The van der Waals surface area contributed by atoms with E-state index in [9.17, 15) is 13.2 Å². The van der Waals surface area contributed by atoms with Crippen molar-refractivity contribution in [2.75, 3.05) is 26.9 Å². The topological polar surface area (TPSA) is 41.5 Å². The lowest BCUT2D eigenvalue weighted by molar-refractivity contribution is -0.137. The van der Waals surface area contributed by atoms with Gasteiger partial charge in [-0.05, 0) is 33.2 Å². The molecule has 2 N–H and O–H groups in total. The van der Waals surface area contributed by atoms with Gasteiger partial charge in [-0.25, -0.2) is 0 Å². The van der Waals surface area contributed by atoms with Crippen LogP contribution in [0.15, 0.2) is 0 Å². The monoisotopic (exact) mass is 257 g/mol. The third-order valence-electron chi connectivity index (χ3n) is 2.72. The number of aliphatic hydroxyl groups is 1. The van der Waals surface area contributed by atoms with Gasteiger partial charge in [0, 0.05) is 25.2 Å². The van der Waals surface area contributed by atoms with Crippen molar-refractivity contribution in [3.63, 3.8) is 0 Å². The lowest BCUT2D eigenvalue weighted by Crippen LogP contribution is -2.43. The van der Waals surface area contributed by atoms with Crippen molar-refractivity contribution in [2.24, 2.45) is 0 Å². The van der Waals surface area contributed by atoms with Crippen LogP contribution < -0.4 is 5.32 Å². The van der Waals surface area contributed by atoms with Gasteiger partial charge in [0.15, 0.2) is 0 Å². The second-order valence-electron chi connectivity index (χ2n) is 4.40. The second kappa shape index (κ2) is 7.89. The van der Waals surface area contributed by atoms with E-state index in [0.29, 0.717) is 13.0 Å². The van der Waals surface area contributed by atoms with Gasteiger partial charge < -0.3 is 15.2 Å². The second-order valence-corrected chi connectivity index (χ2v) is 4.40. The van der Waals surface area contributed by atoms with E-state index in [4.69, 9.17) is 9.84 Å². The zero-order valence-corrected chi connectivity index (χ0v) is 10.4. The van der Waals surface area contributed by atoms with Gasteiger partial charge in [-0.2, -0.15) is 13.2 Å². The van der Waals surface area contributed by atoms with E-state index in [0.717, 1.165) is 6.42 Å². The Morgan fingerprint density at radius 2 is 1.65 bits per heavy atom. The van der Waals surface area contributed by atoms with Crippen LogP contribution in [0.5, 0.6) is 0 Å². The van der Waals surface area contributed by atoms with E-state index in [2.05, 4.69) is 5.32 Å². The minimum Gasteiger partial charge on any atom is -0.394 e. The Bertz CT molecular complexity index is 194. The Morgan fingerprint density at radius 3 is 2.06 bits per heavy atom. The number of aliphatic hydroxyl groups excluding tert-OH is 1. The molecule has 0 rings (SSSR count). The molecule has 0 amide bonds. The summed E-state index contributed by atoms with van der Waals surface area (Å²) in [6.07, 6.45) is -3.45. The van der Waals surface area contributed by atoms with Crippen molar-refractivity contribution in [2.45, 2.75) is 44.3 Å². The van der Waals surface area contributed by atoms with E-state index in [-0.39, 0.29) is 25.2 Å². The highest BCUT2D eigenvalue weighted by molar-refractivity contribution is 4.79. The first-order valence-electron chi connectivity index (χ1n) is 5.77. The summed E-state index contributed by atoms with van der Waals surface area (Å²) in [5.41, 5.74) is -0.338. The van der Waals surface area contributed by atoms with Crippen LogP contribution in [0.1, 0.15) is 32.6 Å². The number of likely N-dealkylation sites (N-methyl/N-ethyl adjacent to an activating group) is 1. The predicted molar refractivity (Wildman–Crippen MR) is 59.9 cm³/mol. The Labute approximate surface area is 100 Å². The standard InChI is InChI=1S/C11H22F3NO2/c1-10(9-16,15-2)5-3-7-17-8-4-6-11(12,13)14/h15-16H,3-9H2,1-2H3. The number of hydrogen-bond acceptors (Lipinski definition) is 3. The summed E-state index contributed by atoms with van der Waals surface area (Å²) in [5.74, 6) is 0. The SMILES string of the molecule is CNC(C)(CO)CCCOCCCC(F)(F)F. The molecular formula is C11H22F3NO2. The van der Waals surface area contributed by atoms with Gasteiger partial charge in [0.2, 0.25) is 0 Å². The quantitative estimate of drug-likeness (QED) is 0.621. The highest BCUT2D eigenvalue weighted by Gasteiger charge is 2.26. The van der Waals surface area contributed by atoms with Crippen molar-refractivity contribution in [3.05, 3.63) is 0 Å². The molecule has 0 radical (unpaired) electrons. The van der Waals surface area contributed by atoms with Gasteiger partial charge in [-0.15, -0.1) is 0 Å². The number of alkyl halides is 3. The van der Waals surface area contributed by atoms with Crippen LogP contribution in [0, 0.1) is 0 Å². The van der Waals surface area contributed by atoms with Crippen molar-refractivity contribution in [1.29, 1.82) is 0 Å². The molecule has 104 valence electrons. The van der Waals surface area contributed by atoms with Crippen molar-refractivity contribution < 1.29 is 23.0 Å². The predicted octanol–water partition coefficient (Wildman–Crippen LogP) is 2.10. The lowest BCUT2D eigenvalue weighted by Gasteiger charge is -2.26. The average molecular weight is 257 g/mol. The van der Waals surface area contributed by atoms with Crippen LogP contribution in [-0.4, -0.2) is 43.7 Å². The molecular weight excluding hydrogens is 235 g/mol. The summed E-state index contributed by atoms with van der Waals surface area (Å²) < 4.78 is 40.5. The molecule has 0 aromatic heterocycles. The van der Waals surface area contributed by atoms with E-state index in [1.54, 1.807) is 7.05 Å². The third-order valence-corrected chi connectivity index (χ3v) is 2.72. The molecule has 1 unspecified atom stereocenters. The first-order chi connectivity index (χ1) is 7.83. The molecule has 0 aliphatic heterocycles. The molecule has 17 heavy (non-hydrogen) atoms. The Kier molecular flexibility index (Phi) is 7.74. The van der Waals surface area contributed by atoms with Gasteiger partial charge in [-0.1, -0.05) is 0 Å². The van der Waals surface area contributed by atoms with Crippen LogP contribution in [0.4, 0.5) is 13.2 Å². The Balaban J connectivity index is 3.41. The fourth-order valence-corrected chi connectivity index (χ4v) is 1.32. The lowest BCUT2D eigenvalue weighted by atomic mass is 9.97. The Morgan fingerprint density at radius 1 is 1.12 bits per heavy atom. The number of nitrogens with one attached hydrogen (secondary N) is 1. The maximum Gasteiger partial charge on any atom is 0.389 e. The smallest absolute Gasteiger partial charge is 0.389 e. The number of hydrogen-bond donors (Lipinski definition) is 2. The maximum atomic E-state index is 11.8. The number of rotatable bonds is 9. The molecule has 0 aliphatic rings. The largest absolute Gasteiger partial charge is 0.394 e. The summed E-state index contributed by atoms with van der Waals surface area (Å²) in [6.45, 7) is 2.47. The van der Waals surface area contributed by atoms with E-state index in [1.165, 1.54) is 0 Å². The van der Waals surface area contributed by atoms with E-state index in [1.807, 2.05) is 6.92 Å². The third kappa shape index (κ3) is 9.38. The molecule has 0 fully saturated rings. The van der Waals surface area contributed by atoms with Gasteiger partial charge in [-0.3, -0.25) is 0 Å². The van der Waals surface area contributed by atoms with Crippen molar-refractivity contribution >= 4 is 0 Å². The molecule has 0 aromatic carbocycles. The molecule has 0 saturated carbocycles. The number of halogens is 3. The van der Waals surface area contributed by atoms with E-state index >= 15 is 0 Å². The molecule has 0 aromatic rings. The zero-order chi connectivity index (χ0) is 13.4. The van der Waals surface area contributed by atoms with Crippen LogP contribution in [0.3, 0.4) is 0 Å². The average Bonchev–Trinajstić information content (AvgIpc) is 2.26.